The van der Waals surface area contributed by atoms with Gasteiger partial charge in [0.1, 0.15) is 0 Å². The van der Waals surface area contributed by atoms with Gasteiger partial charge in [-0.3, -0.25) is 24.1 Å². The number of carbonyl (C=O) groups is 4. The molecule has 0 saturated carbocycles. The fraction of sp³-hybridized carbons (Fsp3) is 0.643. The van der Waals surface area contributed by atoms with Crippen LogP contribution in [0.5, 0.6) is 0 Å². The summed E-state index contributed by atoms with van der Waals surface area (Å²) in [6, 6.07) is 8.00. The first kappa shape index (κ1) is 26.3. The van der Waals surface area contributed by atoms with Crippen molar-refractivity contribution < 1.29 is 23.9 Å². The molecule has 0 N–H and O–H groups in total. The molecular weight excluding hydrogens is 458 g/mol. The van der Waals surface area contributed by atoms with E-state index in [9.17, 15) is 19.2 Å². The van der Waals surface area contributed by atoms with E-state index >= 15 is 0 Å². The van der Waals surface area contributed by atoms with Crippen LogP contribution in [0.3, 0.4) is 0 Å². The Morgan fingerprint density at radius 3 is 2.25 bits per heavy atom. The Kier molecular flexibility index (Phi) is 8.13. The zero-order valence-electron chi connectivity index (χ0n) is 21.8. The van der Waals surface area contributed by atoms with Crippen molar-refractivity contribution in [1.29, 1.82) is 0 Å². The van der Waals surface area contributed by atoms with Gasteiger partial charge >= 0.3 is 5.97 Å². The van der Waals surface area contributed by atoms with Crippen LogP contribution in [-0.2, 0) is 29.3 Å². The largest absolute Gasteiger partial charge is 0.466 e. The maximum atomic E-state index is 13.5. The van der Waals surface area contributed by atoms with Crippen LogP contribution in [0.4, 0.5) is 0 Å². The average Bonchev–Trinajstić information content (AvgIpc) is 3.13. The van der Waals surface area contributed by atoms with E-state index in [4.69, 9.17) is 4.74 Å². The molecule has 4 rings (SSSR count). The number of likely N-dealkylation sites (tertiary alicyclic amines) is 3. The Balaban J connectivity index is 1.39. The molecule has 1 aromatic carbocycles. The van der Waals surface area contributed by atoms with Gasteiger partial charge in [0.15, 0.2) is 0 Å². The number of piperidine rings is 2. The van der Waals surface area contributed by atoms with Crippen LogP contribution in [-0.4, -0.2) is 83.8 Å². The van der Waals surface area contributed by atoms with E-state index < -0.39 is 5.41 Å². The Morgan fingerprint density at radius 1 is 1.00 bits per heavy atom. The summed E-state index contributed by atoms with van der Waals surface area (Å²) in [6.45, 7) is 9.35. The Labute approximate surface area is 213 Å². The van der Waals surface area contributed by atoms with Crippen molar-refractivity contribution in [1.82, 2.24) is 14.7 Å². The van der Waals surface area contributed by atoms with Crippen LogP contribution < -0.4 is 0 Å². The molecule has 8 nitrogen and oxygen atoms in total. The molecular formula is C28H39N3O5. The zero-order valence-corrected chi connectivity index (χ0v) is 21.8. The molecule has 0 radical (unpaired) electrons. The smallest absolute Gasteiger partial charge is 0.309 e. The average molecular weight is 498 g/mol. The topological polar surface area (TPSA) is 87.2 Å². The van der Waals surface area contributed by atoms with Crippen LogP contribution in [0.2, 0.25) is 0 Å². The van der Waals surface area contributed by atoms with Crippen molar-refractivity contribution in [2.75, 3.05) is 39.3 Å². The van der Waals surface area contributed by atoms with E-state index in [1.165, 1.54) is 4.90 Å². The van der Waals surface area contributed by atoms with Crippen molar-refractivity contribution >= 4 is 23.7 Å². The molecule has 3 aliphatic rings. The highest BCUT2D eigenvalue weighted by atomic mass is 16.5. The molecule has 36 heavy (non-hydrogen) atoms. The second-order valence-corrected chi connectivity index (χ2v) is 10.4. The third-order valence-electron chi connectivity index (χ3n) is 8.32. The lowest BCUT2D eigenvalue weighted by molar-refractivity contribution is -0.150. The highest BCUT2D eigenvalue weighted by Crippen LogP contribution is 2.42. The molecule has 1 unspecified atom stereocenters. The van der Waals surface area contributed by atoms with E-state index in [1.54, 1.807) is 6.92 Å². The van der Waals surface area contributed by atoms with Gasteiger partial charge in [0, 0.05) is 38.5 Å². The number of amides is 3. The van der Waals surface area contributed by atoms with Gasteiger partial charge in [0.05, 0.1) is 17.9 Å². The molecule has 3 amide bonds. The Morgan fingerprint density at radius 2 is 1.67 bits per heavy atom. The number of likely N-dealkylation sites (N-methyl/N-ethyl adjacent to an activating group) is 1. The number of hydrogen-bond acceptors (Lipinski definition) is 6. The van der Waals surface area contributed by atoms with Crippen LogP contribution in [0.25, 0.3) is 0 Å². The van der Waals surface area contributed by atoms with Crippen molar-refractivity contribution in [2.45, 2.75) is 70.8 Å². The van der Waals surface area contributed by atoms with Gasteiger partial charge in [0.25, 0.3) is 0 Å². The maximum Gasteiger partial charge on any atom is 0.309 e. The number of imide groups is 1. The normalized spacial score (nSPS) is 24.4. The number of ether oxygens (including phenoxy) is 1. The van der Waals surface area contributed by atoms with Crippen LogP contribution in [0.15, 0.2) is 24.3 Å². The minimum atomic E-state index is -1.12. The number of benzene rings is 1. The first-order chi connectivity index (χ1) is 17.3. The predicted molar refractivity (Wildman–Crippen MR) is 135 cm³/mol. The molecule has 3 aliphatic heterocycles. The second kappa shape index (κ2) is 11.1. The zero-order chi connectivity index (χ0) is 25.9. The van der Waals surface area contributed by atoms with E-state index in [0.29, 0.717) is 32.3 Å². The summed E-state index contributed by atoms with van der Waals surface area (Å²) < 4.78 is 5.18. The fourth-order valence-electron chi connectivity index (χ4n) is 6.29. The summed E-state index contributed by atoms with van der Waals surface area (Å²) in [7, 11) is 0. The summed E-state index contributed by atoms with van der Waals surface area (Å²) in [5, 5.41) is 0. The van der Waals surface area contributed by atoms with Gasteiger partial charge in [-0.2, -0.15) is 0 Å². The van der Waals surface area contributed by atoms with Gasteiger partial charge in [0.2, 0.25) is 17.7 Å². The predicted octanol–water partition coefficient (Wildman–Crippen LogP) is 2.67. The summed E-state index contributed by atoms with van der Waals surface area (Å²) in [5.74, 6) is -0.603. The van der Waals surface area contributed by atoms with Crippen LogP contribution in [0.1, 0.15) is 63.5 Å². The van der Waals surface area contributed by atoms with Gasteiger partial charge < -0.3 is 14.5 Å². The monoisotopic (exact) mass is 497 g/mol. The molecule has 1 aromatic rings. The maximum absolute atomic E-state index is 13.5. The number of carbonyl (C=O) groups excluding carboxylic acids is 4. The summed E-state index contributed by atoms with van der Waals surface area (Å²) in [6.07, 6.45) is 3.46. The molecule has 0 bridgehead atoms. The van der Waals surface area contributed by atoms with Gasteiger partial charge in [-0.1, -0.05) is 24.3 Å². The molecule has 3 fully saturated rings. The third-order valence-corrected chi connectivity index (χ3v) is 8.32. The van der Waals surface area contributed by atoms with Crippen LogP contribution in [0, 0.1) is 12.8 Å². The first-order valence-electron chi connectivity index (χ1n) is 13.4. The fourth-order valence-corrected chi connectivity index (χ4v) is 6.29. The van der Waals surface area contributed by atoms with Gasteiger partial charge in [-0.15, -0.1) is 0 Å². The van der Waals surface area contributed by atoms with Crippen molar-refractivity contribution in [3.63, 3.8) is 0 Å². The Bertz CT molecular complexity index is 995. The molecule has 0 spiro atoms. The number of nitrogens with zero attached hydrogens (tertiary/aromatic N) is 3. The van der Waals surface area contributed by atoms with Gasteiger partial charge in [-0.05, 0) is 70.7 Å². The quantitative estimate of drug-likeness (QED) is 0.425. The summed E-state index contributed by atoms with van der Waals surface area (Å²) in [4.78, 5) is 57.4. The van der Waals surface area contributed by atoms with Crippen molar-refractivity contribution in [3.05, 3.63) is 35.4 Å². The Hall–Kier alpha value is -2.74. The SMILES string of the molecule is CCOC(=O)C1CCN(C2CCN(C(=O)CC3(c4ccccc4C)CC(=O)N(CC)C3=O)CC2)CC1. The van der Waals surface area contributed by atoms with E-state index in [2.05, 4.69) is 4.90 Å². The minimum absolute atomic E-state index is 0.00477. The highest BCUT2D eigenvalue weighted by Gasteiger charge is 2.54. The molecule has 0 aromatic heterocycles. The van der Waals surface area contributed by atoms with E-state index in [0.717, 1.165) is 49.9 Å². The van der Waals surface area contributed by atoms with Gasteiger partial charge in [-0.25, -0.2) is 0 Å². The second-order valence-electron chi connectivity index (χ2n) is 10.4. The first-order valence-corrected chi connectivity index (χ1v) is 13.4. The molecule has 1 atom stereocenters. The summed E-state index contributed by atoms with van der Waals surface area (Å²) in [5.41, 5.74) is 0.586. The lowest BCUT2D eigenvalue weighted by Gasteiger charge is -2.42. The third kappa shape index (κ3) is 5.05. The molecule has 8 heteroatoms. The summed E-state index contributed by atoms with van der Waals surface area (Å²) >= 11 is 0. The van der Waals surface area contributed by atoms with E-state index in [-0.39, 0.29) is 42.5 Å². The molecule has 0 aliphatic carbocycles. The lowest BCUT2D eigenvalue weighted by atomic mass is 9.73. The molecule has 196 valence electrons. The number of esters is 1. The van der Waals surface area contributed by atoms with Crippen LogP contribution >= 0.6 is 0 Å². The van der Waals surface area contributed by atoms with Crippen molar-refractivity contribution in [2.24, 2.45) is 5.92 Å². The lowest BCUT2D eigenvalue weighted by Crippen LogP contribution is -2.51. The molecule has 3 heterocycles. The van der Waals surface area contributed by atoms with Crippen molar-refractivity contribution in [3.8, 4) is 0 Å². The molecule has 3 saturated heterocycles. The number of rotatable bonds is 7. The van der Waals surface area contributed by atoms with E-state index in [1.807, 2.05) is 43.0 Å². The number of aryl methyl sites for hydroxylation is 1. The standard InChI is InChI=1S/C28H39N3O5/c1-4-31-25(33)19-28(27(31)35,23-9-7-6-8-20(23)3)18-24(32)30-16-12-22(13-17-30)29-14-10-21(11-15-29)26(34)36-5-2/h6-9,21-22H,4-5,10-19H2,1-3H3. The minimum Gasteiger partial charge on any atom is -0.466 e. The number of hydrogen-bond donors (Lipinski definition) is 0. The highest BCUT2D eigenvalue weighted by molar-refractivity contribution is 6.10.